The SMILES string of the molecule is CCn1ccnc1CN(C)C(=O)Cn1cc(NC(=O)CSc2ccccc2)cn1. The molecule has 0 unspecified atom stereocenters. The minimum atomic E-state index is -0.117. The number of aryl methyl sites for hydroxylation is 1. The van der Waals surface area contributed by atoms with E-state index in [9.17, 15) is 9.59 Å². The zero-order valence-electron chi connectivity index (χ0n) is 16.5. The lowest BCUT2D eigenvalue weighted by Crippen LogP contribution is -2.31. The van der Waals surface area contributed by atoms with E-state index in [1.54, 1.807) is 30.5 Å². The molecule has 0 spiro atoms. The Hall–Kier alpha value is -3.07. The molecule has 0 radical (unpaired) electrons. The van der Waals surface area contributed by atoms with Crippen LogP contribution in [-0.4, -0.2) is 48.8 Å². The third-order valence-corrected chi connectivity index (χ3v) is 5.29. The van der Waals surface area contributed by atoms with Crippen LogP contribution in [0.5, 0.6) is 0 Å². The third-order valence-electron chi connectivity index (χ3n) is 4.27. The Morgan fingerprint density at radius 3 is 2.79 bits per heavy atom. The van der Waals surface area contributed by atoms with Crippen molar-refractivity contribution in [3.05, 3.63) is 60.9 Å². The highest BCUT2D eigenvalue weighted by atomic mass is 32.2. The minimum Gasteiger partial charge on any atom is -0.337 e. The van der Waals surface area contributed by atoms with Crippen LogP contribution >= 0.6 is 11.8 Å². The summed E-state index contributed by atoms with van der Waals surface area (Å²) >= 11 is 1.47. The number of amides is 2. The summed E-state index contributed by atoms with van der Waals surface area (Å²) in [7, 11) is 1.74. The summed E-state index contributed by atoms with van der Waals surface area (Å²) in [5.74, 6) is 0.943. The van der Waals surface area contributed by atoms with Crippen LogP contribution in [0.1, 0.15) is 12.7 Å². The van der Waals surface area contributed by atoms with Crippen LogP contribution in [-0.2, 0) is 29.2 Å². The zero-order chi connectivity index (χ0) is 20.6. The summed E-state index contributed by atoms with van der Waals surface area (Å²) in [6, 6.07) is 9.74. The standard InChI is InChI=1S/C20H24N6O2S/c1-3-25-10-9-21-18(25)13-24(2)20(28)14-26-12-16(11-22-26)23-19(27)15-29-17-7-5-4-6-8-17/h4-12H,3,13-15H2,1-2H3,(H,23,27). The molecule has 2 heterocycles. The summed E-state index contributed by atoms with van der Waals surface area (Å²) in [5.41, 5.74) is 0.570. The van der Waals surface area contributed by atoms with Crippen molar-refractivity contribution in [2.24, 2.45) is 0 Å². The fourth-order valence-corrected chi connectivity index (χ4v) is 3.44. The average Bonchev–Trinajstić information content (AvgIpc) is 3.36. The molecule has 0 saturated carbocycles. The molecule has 9 heteroatoms. The Morgan fingerprint density at radius 1 is 1.24 bits per heavy atom. The number of imidazole rings is 1. The van der Waals surface area contributed by atoms with Crippen molar-refractivity contribution < 1.29 is 9.59 Å². The van der Waals surface area contributed by atoms with Gasteiger partial charge in [-0.1, -0.05) is 18.2 Å². The second kappa shape index (κ2) is 9.92. The molecule has 0 aliphatic rings. The molecule has 1 N–H and O–H groups in total. The highest BCUT2D eigenvalue weighted by molar-refractivity contribution is 8.00. The molecule has 0 aliphatic carbocycles. The molecule has 8 nitrogen and oxygen atoms in total. The van der Waals surface area contributed by atoms with Gasteiger partial charge in [0, 0.05) is 37.1 Å². The Labute approximate surface area is 173 Å². The fraction of sp³-hybridized carbons (Fsp3) is 0.300. The summed E-state index contributed by atoms with van der Waals surface area (Å²) in [4.78, 5) is 31.5. The number of anilines is 1. The van der Waals surface area contributed by atoms with E-state index in [-0.39, 0.29) is 18.4 Å². The predicted molar refractivity (Wildman–Crippen MR) is 112 cm³/mol. The summed E-state index contributed by atoms with van der Waals surface area (Å²) < 4.78 is 3.52. The Morgan fingerprint density at radius 2 is 2.03 bits per heavy atom. The first-order valence-electron chi connectivity index (χ1n) is 9.29. The molecule has 3 aromatic rings. The molecule has 0 bridgehead atoms. The molecule has 152 valence electrons. The number of nitrogens with one attached hydrogen (secondary N) is 1. The van der Waals surface area contributed by atoms with Gasteiger partial charge in [0.2, 0.25) is 11.8 Å². The topological polar surface area (TPSA) is 85.0 Å². The fourth-order valence-electron chi connectivity index (χ4n) is 2.72. The summed E-state index contributed by atoms with van der Waals surface area (Å²) in [6.07, 6.45) is 6.83. The van der Waals surface area contributed by atoms with E-state index >= 15 is 0 Å². The maximum Gasteiger partial charge on any atom is 0.244 e. The molecule has 0 saturated heterocycles. The van der Waals surface area contributed by atoms with Crippen LogP contribution in [0.3, 0.4) is 0 Å². The van der Waals surface area contributed by atoms with Gasteiger partial charge < -0.3 is 14.8 Å². The van der Waals surface area contributed by atoms with Crippen LogP contribution in [0, 0.1) is 0 Å². The van der Waals surface area contributed by atoms with Crippen LogP contribution in [0.25, 0.3) is 0 Å². The summed E-state index contributed by atoms with van der Waals surface area (Å²) in [6.45, 7) is 3.37. The molecule has 2 amide bonds. The van der Waals surface area contributed by atoms with Crippen LogP contribution in [0.2, 0.25) is 0 Å². The van der Waals surface area contributed by atoms with Gasteiger partial charge in [-0.05, 0) is 19.1 Å². The van der Waals surface area contributed by atoms with E-state index in [2.05, 4.69) is 15.4 Å². The van der Waals surface area contributed by atoms with Crippen LogP contribution < -0.4 is 5.32 Å². The van der Waals surface area contributed by atoms with E-state index < -0.39 is 0 Å². The zero-order valence-corrected chi connectivity index (χ0v) is 17.3. The number of hydrogen-bond acceptors (Lipinski definition) is 5. The highest BCUT2D eigenvalue weighted by Gasteiger charge is 2.14. The maximum atomic E-state index is 12.5. The van der Waals surface area contributed by atoms with Crippen LogP contribution in [0.4, 0.5) is 5.69 Å². The lowest BCUT2D eigenvalue weighted by atomic mass is 10.4. The third kappa shape index (κ3) is 5.95. The second-order valence-electron chi connectivity index (χ2n) is 6.46. The van der Waals surface area contributed by atoms with Gasteiger partial charge in [0.15, 0.2) is 0 Å². The van der Waals surface area contributed by atoms with Gasteiger partial charge in [-0.15, -0.1) is 11.8 Å². The van der Waals surface area contributed by atoms with Gasteiger partial charge in [0.25, 0.3) is 0 Å². The van der Waals surface area contributed by atoms with E-state index in [1.165, 1.54) is 16.4 Å². The number of likely N-dealkylation sites (N-methyl/N-ethyl adjacent to an activating group) is 1. The Bertz CT molecular complexity index is 953. The smallest absolute Gasteiger partial charge is 0.244 e. The van der Waals surface area contributed by atoms with Crippen molar-refractivity contribution in [1.29, 1.82) is 0 Å². The Balaban J connectivity index is 1.47. The van der Waals surface area contributed by atoms with E-state index in [0.717, 1.165) is 17.3 Å². The predicted octanol–water partition coefficient (Wildman–Crippen LogP) is 2.49. The van der Waals surface area contributed by atoms with Crippen molar-refractivity contribution in [3.63, 3.8) is 0 Å². The largest absolute Gasteiger partial charge is 0.337 e. The molecular formula is C20H24N6O2S. The number of benzene rings is 1. The van der Waals surface area contributed by atoms with Crippen LogP contribution in [0.15, 0.2) is 60.0 Å². The first-order valence-corrected chi connectivity index (χ1v) is 10.3. The molecule has 3 rings (SSSR count). The molecule has 2 aromatic heterocycles. The van der Waals surface area contributed by atoms with Gasteiger partial charge in [-0.2, -0.15) is 5.10 Å². The van der Waals surface area contributed by atoms with Crippen molar-refractivity contribution in [2.75, 3.05) is 18.1 Å². The first kappa shape index (κ1) is 20.7. The van der Waals surface area contributed by atoms with E-state index in [1.807, 2.05) is 48.0 Å². The number of carbonyl (C=O) groups is 2. The number of aromatic nitrogens is 4. The number of carbonyl (C=O) groups excluding carboxylic acids is 2. The van der Waals surface area contributed by atoms with Crippen molar-refractivity contribution in [2.45, 2.75) is 31.5 Å². The molecule has 0 aliphatic heterocycles. The highest BCUT2D eigenvalue weighted by Crippen LogP contribution is 2.17. The molecule has 1 aromatic carbocycles. The second-order valence-corrected chi connectivity index (χ2v) is 7.50. The minimum absolute atomic E-state index is 0.0868. The van der Waals surface area contributed by atoms with Crippen molar-refractivity contribution >= 4 is 29.3 Å². The molecule has 29 heavy (non-hydrogen) atoms. The van der Waals surface area contributed by atoms with Gasteiger partial charge >= 0.3 is 0 Å². The van der Waals surface area contributed by atoms with Crippen molar-refractivity contribution in [1.82, 2.24) is 24.2 Å². The average molecular weight is 413 g/mol. The normalized spacial score (nSPS) is 10.7. The number of thioether (sulfide) groups is 1. The lowest BCUT2D eigenvalue weighted by molar-refractivity contribution is -0.131. The van der Waals surface area contributed by atoms with E-state index in [0.29, 0.717) is 18.0 Å². The Kier molecular flexibility index (Phi) is 7.07. The van der Waals surface area contributed by atoms with Crippen molar-refractivity contribution in [3.8, 4) is 0 Å². The molecule has 0 fully saturated rings. The maximum absolute atomic E-state index is 12.5. The number of hydrogen-bond donors (Lipinski definition) is 1. The monoisotopic (exact) mass is 412 g/mol. The number of rotatable bonds is 9. The van der Waals surface area contributed by atoms with E-state index in [4.69, 9.17) is 0 Å². The van der Waals surface area contributed by atoms with Gasteiger partial charge in [0.05, 0.1) is 24.2 Å². The molecular weight excluding hydrogens is 388 g/mol. The van der Waals surface area contributed by atoms with Gasteiger partial charge in [0.1, 0.15) is 12.4 Å². The summed E-state index contributed by atoms with van der Waals surface area (Å²) in [5, 5.41) is 6.97. The quantitative estimate of drug-likeness (QED) is 0.546. The lowest BCUT2D eigenvalue weighted by Gasteiger charge is -2.17. The first-order chi connectivity index (χ1) is 14.0. The molecule has 0 atom stereocenters. The van der Waals surface area contributed by atoms with Gasteiger partial charge in [-0.25, -0.2) is 4.98 Å². The number of nitrogens with zero attached hydrogens (tertiary/aromatic N) is 5. The van der Waals surface area contributed by atoms with Gasteiger partial charge in [-0.3, -0.25) is 14.3 Å².